The Hall–Kier alpha value is -1.14. The van der Waals surface area contributed by atoms with Crippen LogP contribution in [0, 0.1) is 5.82 Å². The Bertz CT molecular complexity index is 452. The van der Waals surface area contributed by atoms with Gasteiger partial charge in [0.25, 0.3) is 0 Å². The molecule has 2 N–H and O–H groups in total. The second-order valence-electron chi connectivity index (χ2n) is 4.65. The average molecular weight is 333 g/mol. The van der Waals surface area contributed by atoms with E-state index < -0.39 is 18.0 Å². The molecule has 0 aliphatic heterocycles. The topological polar surface area (TPSA) is 52.6 Å². The molecule has 0 spiro atoms. The molecule has 1 aromatic rings. The van der Waals surface area contributed by atoms with Crippen molar-refractivity contribution in [1.82, 2.24) is 4.90 Å². The van der Waals surface area contributed by atoms with Crippen LogP contribution in [0.5, 0.6) is 0 Å². The third-order valence-electron chi connectivity index (χ3n) is 2.52. The van der Waals surface area contributed by atoms with Crippen molar-refractivity contribution in [1.29, 1.82) is 0 Å². The zero-order valence-electron chi connectivity index (χ0n) is 11.2. The van der Waals surface area contributed by atoms with Gasteiger partial charge in [-0.2, -0.15) is 0 Å². The number of rotatable bonds is 4. The Labute approximate surface area is 120 Å². The molecule has 0 aliphatic carbocycles. The first-order valence-electron chi connectivity index (χ1n) is 6.02. The van der Waals surface area contributed by atoms with Crippen LogP contribution in [0.15, 0.2) is 22.7 Å². The molecule has 1 aromatic carbocycles. The lowest BCUT2D eigenvalue weighted by Gasteiger charge is -2.28. The summed E-state index contributed by atoms with van der Waals surface area (Å²) in [5.74, 6) is -0.502. The van der Waals surface area contributed by atoms with Crippen molar-refractivity contribution >= 4 is 27.6 Å². The number of aliphatic hydroxyl groups excluding tert-OH is 1. The lowest BCUT2D eigenvalue weighted by Crippen LogP contribution is -2.43. The number of carbonyl (C=O) groups is 1. The normalized spacial score (nSPS) is 12.4. The van der Waals surface area contributed by atoms with Gasteiger partial charge >= 0.3 is 6.03 Å². The first-order chi connectivity index (χ1) is 8.81. The maximum absolute atomic E-state index is 13.6. The van der Waals surface area contributed by atoms with E-state index in [-0.39, 0.29) is 18.3 Å². The molecule has 1 rings (SSSR count). The van der Waals surface area contributed by atoms with Crippen LogP contribution < -0.4 is 5.32 Å². The van der Waals surface area contributed by atoms with E-state index in [9.17, 15) is 14.3 Å². The number of anilines is 1. The number of hydrogen-bond acceptors (Lipinski definition) is 2. The molecule has 106 valence electrons. The van der Waals surface area contributed by atoms with Crippen LogP contribution in [0.25, 0.3) is 0 Å². The number of benzene rings is 1. The summed E-state index contributed by atoms with van der Waals surface area (Å²) < 4.78 is 14.2. The predicted octanol–water partition coefficient (Wildman–Crippen LogP) is 3.21. The monoisotopic (exact) mass is 332 g/mol. The minimum atomic E-state index is -0.638. The number of nitrogens with one attached hydrogen (secondary N) is 1. The van der Waals surface area contributed by atoms with Crippen molar-refractivity contribution in [2.24, 2.45) is 0 Å². The van der Waals surface area contributed by atoms with Gasteiger partial charge in [0, 0.05) is 17.1 Å². The SMILES string of the molecule is CC(O)CN(C(=O)Nc1cc(Br)ccc1F)C(C)C. The molecular weight excluding hydrogens is 315 g/mol. The Kier molecular flexibility index (Phi) is 5.75. The maximum Gasteiger partial charge on any atom is 0.322 e. The highest BCUT2D eigenvalue weighted by molar-refractivity contribution is 9.10. The molecule has 0 fully saturated rings. The standard InChI is InChI=1S/C13H18BrFN2O2/c1-8(2)17(7-9(3)18)13(19)16-12-6-10(14)4-5-11(12)15/h4-6,8-9,18H,7H2,1-3H3,(H,16,19). The highest BCUT2D eigenvalue weighted by Crippen LogP contribution is 2.20. The number of aliphatic hydroxyl groups is 1. The van der Waals surface area contributed by atoms with E-state index in [1.54, 1.807) is 13.0 Å². The Balaban J connectivity index is 2.84. The van der Waals surface area contributed by atoms with Crippen LogP contribution in [-0.2, 0) is 0 Å². The fourth-order valence-corrected chi connectivity index (χ4v) is 1.95. The Morgan fingerprint density at radius 3 is 2.63 bits per heavy atom. The second kappa shape index (κ2) is 6.86. The van der Waals surface area contributed by atoms with Gasteiger partial charge in [0.05, 0.1) is 11.8 Å². The molecule has 0 aliphatic rings. The zero-order chi connectivity index (χ0) is 14.6. The molecule has 0 bridgehead atoms. The molecule has 0 heterocycles. The summed E-state index contributed by atoms with van der Waals surface area (Å²) >= 11 is 3.22. The van der Waals surface area contributed by atoms with Gasteiger partial charge in [-0.05, 0) is 39.0 Å². The number of nitrogens with zero attached hydrogens (tertiary/aromatic N) is 1. The molecule has 0 radical (unpaired) electrons. The van der Waals surface area contributed by atoms with E-state index in [1.165, 1.54) is 17.0 Å². The van der Waals surface area contributed by atoms with Gasteiger partial charge in [-0.15, -0.1) is 0 Å². The van der Waals surface area contributed by atoms with Crippen LogP contribution in [0.2, 0.25) is 0 Å². The van der Waals surface area contributed by atoms with Gasteiger partial charge < -0.3 is 15.3 Å². The van der Waals surface area contributed by atoms with Gasteiger partial charge in [-0.25, -0.2) is 9.18 Å². The van der Waals surface area contributed by atoms with Gasteiger partial charge in [0.1, 0.15) is 5.82 Å². The van der Waals surface area contributed by atoms with Crippen LogP contribution in [0.3, 0.4) is 0 Å². The fourth-order valence-electron chi connectivity index (χ4n) is 1.59. The second-order valence-corrected chi connectivity index (χ2v) is 5.57. The number of urea groups is 1. The van der Waals surface area contributed by atoms with Crippen molar-refractivity contribution in [3.63, 3.8) is 0 Å². The molecule has 2 amide bonds. The maximum atomic E-state index is 13.6. The van der Waals surface area contributed by atoms with E-state index in [4.69, 9.17) is 0 Å². The van der Waals surface area contributed by atoms with Crippen molar-refractivity contribution in [3.8, 4) is 0 Å². The van der Waals surface area contributed by atoms with E-state index in [2.05, 4.69) is 21.2 Å². The number of hydrogen-bond donors (Lipinski definition) is 2. The van der Waals surface area contributed by atoms with Gasteiger partial charge in [-0.1, -0.05) is 15.9 Å². The molecule has 6 heteroatoms. The molecule has 0 saturated heterocycles. The fraction of sp³-hybridized carbons (Fsp3) is 0.462. The van der Waals surface area contributed by atoms with Crippen LogP contribution in [0.4, 0.5) is 14.9 Å². The van der Waals surface area contributed by atoms with Crippen molar-refractivity contribution in [2.45, 2.75) is 32.9 Å². The van der Waals surface area contributed by atoms with E-state index >= 15 is 0 Å². The molecular formula is C13H18BrFN2O2. The number of halogens is 2. The number of amides is 2. The zero-order valence-corrected chi connectivity index (χ0v) is 12.7. The number of carbonyl (C=O) groups excluding carboxylic acids is 1. The highest BCUT2D eigenvalue weighted by Gasteiger charge is 2.19. The summed E-state index contributed by atoms with van der Waals surface area (Å²) in [5.41, 5.74) is 0.107. The quantitative estimate of drug-likeness (QED) is 0.889. The third-order valence-corrected chi connectivity index (χ3v) is 3.01. The molecule has 19 heavy (non-hydrogen) atoms. The minimum Gasteiger partial charge on any atom is -0.392 e. The summed E-state index contributed by atoms with van der Waals surface area (Å²) in [4.78, 5) is 13.5. The van der Waals surface area contributed by atoms with E-state index in [0.717, 1.165) is 0 Å². The predicted molar refractivity (Wildman–Crippen MR) is 76.6 cm³/mol. The highest BCUT2D eigenvalue weighted by atomic mass is 79.9. The molecule has 4 nitrogen and oxygen atoms in total. The Morgan fingerprint density at radius 2 is 2.11 bits per heavy atom. The van der Waals surface area contributed by atoms with Crippen molar-refractivity contribution in [2.75, 3.05) is 11.9 Å². The van der Waals surface area contributed by atoms with Gasteiger partial charge in [0.2, 0.25) is 0 Å². The van der Waals surface area contributed by atoms with Crippen molar-refractivity contribution < 1.29 is 14.3 Å². The first-order valence-corrected chi connectivity index (χ1v) is 6.81. The lowest BCUT2D eigenvalue weighted by atomic mass is 10.2. The van der Waals surface area contributed by atoms with Gasteiger partial charge in [0.15, 0.2) is 0 Å². The third kappa shape index (κ3) is 4.80. The largest absolute Gasteiger partial charge is 0.392 e. The molecule has 1 atom stereocenters. The van der Waals surface area contributed by atoms with E-state index in [1.807, 2.05) is 13.8 Å². The summed E-state index contributed by atoms with van der Waals surface area (Å²) in [6.45, 7) is 5.46. The van der Waals surface area contributed by atoms with E-state index in [0.29, 0.717) is 4.47 Å². The average Bonchev–Trinajstić information content (AvgIpc) is 2.30. The summed E-state index contributed by atoms with van der Waals surface area (Å²) in [6.07, 6.45) is -0.638. The molecule has 1 unspecified atom stereocenters. The summed E-state index contributed by atoms with van der Waals surface area (Å²) in [5, 5.41) is 11.9. The summed E-state index contributed by atoms with van der Waals surface area (Å²) in [7, 11) is 0. The minimum absolute atomic E-state index is 0.0928. The lowest BCUT2D eigenvalue weighted by molar-refractivity contribution is 0.125. The smallest absolute Gasteiger partial charge is 0.322 e. The summed E-state index contributed by atoms with van der Waals surface area (Å²) in [6, 6.07) is 3.79. The van der Waals surface area contributed by atoms with Gasteiger partial charge in [-0.3, -0.25) is 0 Å². The Morgan fingerprint density at radius 1 is 1.47 bits per heavy atom. The van der Waals surface area contributed by atoms with Crippen molar-refractivity contribution in [3.05, 3.63) is 28.5 Å². The van der Waals surface area contributed by atoms with Crippen LogP contribution >= 0.6 is 15.9 Å². The van der Waals surface area contributed by atoms with Crippen LogP contribution in [-0.4, -0.2) is 34.7 Å². The molecule has 0 saturated carbocycles. The van der Waals surface area contributed by atoms with Crippen LogP contribution in [0.1, 0.15) is 20.8 Å². The first kappa shape index (κ1) is 15.9. The molecule has 0 aromatic heterocycles.